The highest BCUT2D eigenvalue weighted by Gasteiger charge is 2.22. The third-order valence-corrected chi connectivity index (χ3v) is 3.30. The Morgan fingerprint density at radius 1 is 1.50 bits per heavy atom. The molecule has 3 N–H and O–H groups in total. The normalized spacial score (nSPS) is 31.7. The Labute approximate surface area is 87.3 Å². The molecule has 1 rings (SSSR count). The molecule has 1 saturated heterocycles. The van der Waals surface area contributed by atoms with Crippen molar-refractivity contribution in [2.24, 2.45) is 11.7 Å². The predicted molar refractivity (Wildman–Crippen MR) is 59.1 cm³/mol. The van der Waals surface area contributed by atoms with E-state index in [9.17, 15) is 0 Å². The number of hydrogen-bond acceptors (Lipinski definition) is 3. The fourth-order valence-corrected chi connectivity index (χ4v) is 2.21. The van der Waals surface area contributed by atoms with Crippen LogP contribution in [0.2, 0.25) is 0 Å². The third-order valence-electron chi connectivity index (χ3n) is 3.30. The lowest BCUT2D eigenvalue weighted by atomic mass is 9.93. The molecule has 84 valence electrons. The first-order valence-corrected chi connectivity index (χ1v) is 5.74. The molecule has 1 aliphatic rings. The zero-order chi connectivity index (χ0) is 10.6. The summed E-state index contributed by atoms with van der Waals surface area (Å²) in [5.74, 6) is 0.868. The highest BCUT2D eigenvalue weighted by molar-refractivity contribution is 4.77. The lowest BCUT2D eigenvalue weighted by Crippen LogP contribution is -2.42. The average Bonchev–Trinajstić information content (AvgIpc) is 2.16. The van der Waals surface area contributed by atoms with Crippen LogP contribution in [0, 0.1) is 5.92 Å². The van der Waals surface area contributed by atoms with E-state index < -0.39 is 0 Å². The zero-order valence-corrected chi connectivity index (χ0v) is 9.45. The van der Waals surface area contributed by atoms with E-state index in [1.807, 2.05) is 0 Å². The molecule has 3 atom stereocenters. The molecule has 0 aromatic rings. The van der Waals surface area contributed by atoms with Gasteiger partial charge in [0.1, 0.15) is 0 Å². The van der Waals surface area contributed by atoms with Crippen LogP contribution in [0.1, 0.15) is 33.1 Å². The van der Waals surface area contributed by atoms with E-state index in [1.165, 1.54) is 19.4 Å². The van der Waals surface area contributed by atoms with E-state index in [-0.39, 0.29) is 12.6 Å². The van der Waals surface area contributed by atoms with E-state index in [0.29, 0.717) is 6.04 Å². The first-order valence-electron chi connectivity index (χ1n) is 5.74. The van der Waals surface area contributed by atoms with Crippen molar-refractivity contribution >= 4 is 0 Å². The van der Waals surface area contributed by atoms with Crippen molar-refractivity contribution in [3.63, 3.8) is 0 Å². The molecule has 0 saturated carbocycles. The Bertz CT molecular complexity index is 163. The Kier molecular flexibility index (Phi) is 4.85. The van der Waals surface area contributed by atoms with Crippen molar-refractivity contribution in [1.29, 1.82) is 0 Å². The van der Waals surface area contributed by atoms with E-state index in [1.54, 1.807) is 0 Å². The van der Waals surface area contributed by atoms with Crippen LogP contribution in [0.3, 0.4) is 0 Å². The van der Waals surface area contributed by atoms with Gasteiger partial charge in [-0.3, -0.25) is 0 Å². The largest absolute Gasteiger partial charge is 0.395 e. The number of aliphatic hydroxyl groups excluding tert-OH is 1. The van der Waals surface area contributed by atoms with Gasteiger partial charge in [-0.25, -0.2) is 0 Å². The van der Waals surface area contributed by atoms with E-state index >= 15 is 0 Å². The number of nitrogens with zero attached hydrogens (tertiary/aromatic N) is 1. The molecule has 0 aromatic carbocycles. The standard InChI is InChI=1S/C11H24N2O/c1-9-3-5-13(10(2)7-9)6-4-11(12)8-14/h9-11,14H,3-8,12H2,1-2H3. The number of rotatable bonds is 4. The fourth-order valence-electron chi connectivity index (χ4n) is 2.21. The number of aliphatic hydroxyl groups is 1. The average molecular weight is 200 g/mol. The van der Waals surface area contributed by atoms with Crippen molar-refractivity contribution in [2.75, 3.05) is 19.7 Å². The summed E-state index contributed by atoms with van der Waals surface area (Å²) in [6, 6.07) is 0.645. The summed E-state index contributed by atoms with van der Waals surface area (Å²) in [6.07, 6.45) is 3.52. The van der Waals surface area contributed by atoms with Gasteiger partial charge in [0.15, 0.2) is 0 Å². The number of piperidine rings is 1. The monoisotopic (exact) mass is 200 g/mol. The van der Waals surface area contributed by atoms with E-state index in [0.717, 1.165) is 18.9 Å². The molecule has 0 bridgehead atoms. The minimum Gasteiger partial charge on any atom is -0.395 e. The second-order valence-electron chi connectivity index (χ2n) is 4.75. The third kappa shape index (κ3) is 3.56. The number of nitrogens with two attached hydrogens (primary N) is 1. The summed E-state index contributed by atoms with van der Waals surface area (Å²) in [4.78, 5) is 2.50. The van der Waals surface area contributed by atoms with Crippen LogP contribution >= 0.6 is 0 Å². The van der Waals surface area contributed by atoms with Gasteiger partial charge in [0.05, 0.1) is 6.61 Å². The topological polar surface area (TPSA) is 49.5 Å². The van der Waals surface area contributed by atoms with Crippen LogP contribution in [0.4, 0.5) is 0 Å². The molecule has 1 heterocycles. The Morgan fingerprint density at radius 2 is 2.21 bits per heavy atom. The van der Waals surface area contributed by atoms with Crippen molar-refractivity contribution in [2.45, 2.75) is 45.2 Å². The molecule has 14 heavy (non-hydrogen) atoms. The maximum atomic E-state index is 8.83. The Morgan fingerprint density at radius 3 is 2.79 bits per heavy atom. The van der Waals surface area contributed by atoms with Gasteiger partial charge in [0, 0.05) is 12.1 Å². The Hall–Kier alpha value is -0.120. The SMILES string of the molecule is CC1CCN(CCC(N)CO)C(C)C1. The molecular formula is C11H24N2O. The van der Waals surface area contributed by atoms with Crippen LogP contribution in [0.15, 0.2) is 0 Å². The summed E-state index contributed by atoms with van der Waals surface area (Å²) in [5.41, 5.74) is 5.69. The predicted octanol–water partition coefficient (Wildman–Crippen LogP) is 0.817. The minimum atomic E-state index is -0.0402. The number of likely N-dealkylation sites (tertiary alicyclic amines) is 1. The fraction of sp³-hybridized carbons (Fsp3) is 1.00. The molecule has 0 aromatic heterocycles. The lowest BCUT2D eigenvalue weighted by molar-refractivity contribution is 0.121. The Balaban J connectivity index is 2.24. The molecule has 0 spiro atoms. The van der Waals surface area contributed by atoms with Gasteiger partial charge in [-0.15, -0.1) is 0 Å². The van der Waals surface area contributed by atoms with Crippen LogP contribution in [-0.2, 0) is 0 Å². The van der Waals surface area contributed by atoms with Gasteiger partial charge in [-0.2, -0.15) is 0 Å². The molecule has 3 nitrogen and oxygen atoms in total. The van der Waals surface area contributed by atoms with Crippen molar-refractivity contribution in [1.82, 2.24) is 4.90 Å². The maximum absolute atomic E-state index is 8.83. The molecular weight excluding hydrogens is 176 g/mol. The van der Waals surface area contributed by atoms with E-state index in [2.05, 4.69) is 18.7 Å². The summed E-state index contributed by atoms with van der Waals surface area (Å²) < 4.78 is 0. The molecule has 3 unspecified atom stereocenters. The van der Waals surface area contributed by atoms with Crippen LogP contribution < -0.4 is 5.73 Å². The first kappa shape index (κ1) is 12.0. The van der Waals surface area contributed by atoms with Gasteiger partial charge < -0.3 is 15.7 Å². The highest BCUT2D eigenvalue weighted by Crippen LogP contribution is 2.21. The van der Waals surface area contributed by atoms with Crippen molar-refractivity contribution in [3.8, 4) is 0 Å². The summed E-state index contributed by atoms with van der Waals surface area (Å²) >= 11 is 0. The van der Waals surface area contributed by atoms with E-state index in [4.69, 9.17) is 10.8 Å². The van der Waals surface area contributed by atoms with Gasteiger partial charge in [-0.05, 0) is 45.2 Å². The van der Waals surface area contributed by atoms with Gasteiger partial charge >= 0.3 is 0 Å². The smallest absolute Gasteiger partial charge is 0.0583 e. The van der Waals surface area contributed by atoms with Crippen molar-refractivity contribution < 1.29 is 5.11 Å². The summed E-state index contributed by atoms with van der Waals surface area (Å²) in [7, 11) is 0. The minimum absolute atomic E-state index is 0.0402. The molecule has 0 amide bonds. The van der Waals surface area contributed by atoms with Crippen molar-refractivity contribution in [3.05, 3.63) is 0 Å². The lowest BCUT2D eigenvalue weighted by Gasteiger charge is -2.36. The molecule has 0 aliphatic carbocycles. The van der Waals surface area contributed by atoms with Crippen LogP contribution in [0.5, 0.6) is 0 Å². The second-order valence-corrected chi connectivity index (χ2v) is 4.75. The molecule has 0 radical (unpaired) electrons. The molecule has 3 heteroatoms. The first-order chi connectivity index (χ1) is 6.63. The molecule has 1 fully saturated rings. The quantitative estimate of drug-likeness (QED) is 0.706. The van der Waals surface area contributed by atoms with Crippen LogP contribution in [0.25, 0.3) is 0 Å². The molecule has 1 aliphatic heterocycles. The summed E-state index contributed by atoms with van der Waals surface area (Å²) in [5, 5.41) is 8.83. The van der Waals surface area contributed by atoms with Gasteiger partial charge in [0.25, 0.3) is 0 Å². The zero-order valence-electron chi connectivity index (χ0n) is 9.45. The number of hydrogen-bond donors (Lipinski definition) is 2. The highest BCUT2D eigenvalue weighted by atomic mass is 16.3. The summed E-state index contributed by atoms with van der Waals surface area (Å²) in [6.45, 7) is 6.96. The second kappa shape index (κ2) is 5.69. The van der Waals surface area contributed by atoms with Gasteiger partial charge in [-0.1, -0.05) is 6.92 Å². The van der Waals surface area contributed by atoms with Crippen LogP contribution in [-0.4, -0.2) is 41.8 Å². The van der Waals surface area contributed by atoms with Gasteiger partial charge in [0.2, 0.25) is 0 Å². The maximum Gasteiger partial charge on any atom is 0.0583 e.